The number of benzene rings is 2. The second-order valence-corrected chi connectivity index (χ2v) is 11.6. The van der Waals surface area contributed by atoms with E-state index >= 15 is 0 Å². The number of hydrogen-bond acceptors (Lipinski definition) is 6. The van der Waals surface area contributed by atoms with Crippen molar-refractivity contribution in [3.63, 3.8) is 0 Å². The molecule has 10 heteroatoms. The van der Waals surface area contributed by atoms with Gasteiger partial charge in [0.25, 0.3) is 5.56 Å². The Labute approximate surface area is 263 Å². The molecule has 0 radical (unpaired) electrons. The maximum absolute atomic E-state index is 13.6. The number of likely N-dealkylation sites (N-methyl/N-ethyl adjacent to an activating group) is 1. The fourth-order valence-corrected chi connectivity index (χ4v) is 5.99. The van der Waals surface area contributed by atoms with Crippen LogP contribution in [0.4, 0.5) is 36.2 Å². The van der Waals surface area contributed by atoms with Crippen LogP contribution in [0, 0.1) is 0 Å². The number of rotatable bonds is 12. The largest absolute Gasteiger partial charge is 0.416 e. The second-order valence-electron chi connectivity index (χ2n) is 11.6. The first-order chi connectivity index (χ1) is 21.7. The van der Waals surface area contributed by atoms with Gasteiger partial charge in [-0.2, -0.15) is 13.2 Å². The van der Waals surface area contributed by atoms with Gasteiger partial charge in [0.1, 0.15) is 11.6 Å². The SMILES string of the molecule is CCCCCN(CCC)c1ccc(Nc2nc(N3CCN(CC)CC3)cc3c(-c4cccc(C(F)(F)F)c4)c[nH]c(=O)c23)cc1. The first-order valence-electron chi connectivity index (χ1n) is 16.0. The lowest BCUT2D eigenvalue weighted by Gasteiger charge is -2.35. The molecule has 45 heavy (non-hydrogen) atoms. The summed E-state index contributed by atoms with van der Waals surface area (Å²) in [5.41, 5.74) is 1.69. The summed E-state index contributed by atoms with van der Waals surface area (Å²) in [5, 5.41) is 4.23. The number of fused-ring (bicyclic) bond motifs is 1. The first-order valence-corrected chi connectivity index (χ1v) is 16.0. The normalized spacial score (nSPS) is 14.2. The summed E-state index contributed by atoms with van der Waals surface area (Å²) in [5.74, 6) is 1.05. The number of anilines is 4. The molecule has 0 saturated carbocycles. The van der Waals surface area contributed by atoms with Gasteiger partial charge in [-0.1, -0.05) is 45.7 Å². The molecule has 2 aromatic carbocycles. The molecule has 240 valence electrons. The molecule has 2 aromatic heterocycles. The maximum Gasteiger partial charge on any atom is 0.416 e. The van der Waals surface area contributed by atoms with Crippen molar-refractivity contribution in [3.8, 4) is 11.1 Å². The third-order valence-electron chi connectivity index (χ3n) is 8.54. The zero-order valence-electron chi connectivity index (χ0n) is 26.4. The van der Waals surface area contributed by atoms with Gasteiger partial charge in [-0.15, -0.1) is 0 Å². The summed E-state index contributed by atoms with van der Waals surface area (Å²) < 4.78 is 40.9. The van der Waals surface area contributed by atoms with Gasteiger partial charge in [0.05, 0.1) is 10.9 Å². The van der Waals surface area contributed by atoms with Gasteiger partial charge in [0.15, 0.2) is 0 Å². The number of aromatic amines is 1. The summed E-state index contributed by atoms with van der Waals surface area (Å²) in [7, 11) is 0. The average Bonchev–Trinajstić information content (AvgIpc) is 3.04. The van der Waals surface area contributed by atoms with Gasteiger partial charge in [-0.3, -0.25) is 4.79 Å². The number of H-pyrrole nitrogens is 1. The van der Waals surface area contributed by atoms with Gasteiger partial charge in [-0.05, 0) is 67.4 Å². The molecule has 1 aliphatic rings. The predicted molar refractivity (Wildman–Crippen MR) is 179 cm³/mol. The zero-order valence-corrected chi connectivity index (χ0v) is 26.4. The number of nitrogens with one attached hydrogen (secondary N) is 2. The van der Waals surface area contributed by atoms with Gasteiger partial charge < -0.3 is 25.0 Å². The molecule has 0 amide bonds. The highest BCUT2D eigenvalue weighted by atomic mass is 19.4. The van der Waals surface area contributed by atoms with E-state index in [0.29, 0.717) is 33.5 Å². The van der Waals surface area contributed by atoms with E-state index in [1.807, 2.05) is 18.2 Å². The van der Waals surface area contributed by atoms with Crippen LogP contribution in [0.2, 0.25) is 0 Å². The Morgan fingerprint density at radius 1 is 0.933 bits per heavy atom. The predicted octanol–water partition coefficient (Wildman–Crippen LogP) is 7.90. The Kier molecular flexibility index (Phi) is 10.3. The topological polar surface area (TPSA) is 67.5 Å². The van der Waals surface area contributed by atoms with Crippen molar-refractivity contribution in [1.29, 1.82) is 0 Å². The standard InChI is InChI=1S/C35H43F3N6O/c1-4-7-8-17-43(16-5-2)28-14-12-27(13-15-28)40-33-32-29(23-31(41-33)44-20-18-42(6-3)19-21-44)30(24-39-34(32)45)25-10-9-11-26(22-25)35(36,37)38/h9-15,22-24H,4-8,16-21H2,1-3H3,(H,39,45)(H,40,41). The molecule has 1 saturated heterocycles. The number of piperazine rings is 1. The first kappa shape index (κ1) is 32.3. The number of hydrogen-bond donors (Lipinski definition) is 2. The minimum atomic E-state index is -4.48. The molecule has 0 atom stereocenters. The van der Waals surface area contributed by atoms with E-state index in [-0.39, 0.29) is 5.56 Å². The number of aromatic nitrogens is 2. The van der Waals surface area contributed by atoms with Crippen molar-refractivity contribution in [3.05, 3.63) is 76.7 Å². The summed E-state index contributed by atoms with van der Waals surface area (Å²) >= 11 is 0. The zero-order chi connectivity index (χ0) is 32.0. The van der Waals surface area contributed by atoms with Crippen molar-refractivity contribution >= 4 is 33.8 Å². The molecule has 0 aliphatic carbocycles. The fraction of sp³-hybridized carbons (Fsp3) is 0.429. The Morgan fingerprint density at radius 2 is 1.69 bits per heavy atom. The highest BCUT2D eigenvalue weighted by molar-refractivity contribution is 6.03. The van der Waals surface area contributed by atoms with Crippen LogP contribution in [0.5, 0.6) is 0 Å². The van der Waals surface area contributed by atoms with Crippen molar-refractivity contribution in [1.82, 2.24) is 14.9 Å². The molecular weight excluding hydrogens is 577 g/mol. The van der Waals surface area contributed by atoms with Gasteiger partial charge in [0.2, 0.25) is 0 Å². The molecule has 0 bridgehead atoms. The molecule has 0 unspecified atom stereocenters. The lowest BCUT2D eigenvalue weighted by molar-refractivity contribution is -0.137. The molecule has 2 N–H and O–H groups in total. The monoisotopic (exact) mass is 620 g/mol. The number of unbranched alkanes of at least 4 members (excludes halogenated alkanes) is 2. The van der Waals surface area contributed by atoms with E-state index in [0.717, 1.165) is 82.2 Å². The van der Waals surface area contributed by atoms with E-state index in [1.165, 1.54) is 25.1 Å². The molecule has 5 rings (SSSR count). The van der Waals surface area contributed by atoms with E-state index < -0.39 is 11.7 Å². The van der Waals surface area contributed by atoms with Crippen LogP contribution in [0.1, 0.15) is 52.0 Å². The molecule has 4 aromatic rings. The lowest BCUT2D eigenvalue weighted by Crippen LogP contribution is -2.46. The number of alkyl halides is 3. The van der Waals surface area contributed by atoms with Gasteiger partial charge in [0, 0.05) is 67.8 Å². The number of halogens is 3. The van der Waals surface area contributed by atoms with Gasteiger partial charge in [-0.25, -0.2) is 4.98 Å². The lowest BCUT2D eigenvalue weighted by atomic mass is 9.99. The molecule has 7 nitrogen and oxygen atoms in total. The van der Waals surface area contributed by atoms with Crippen molar-refractivity contribution in [2.45, 2.75) is 52.6 Å². The third kappa shape index (κ3) is 7.61. The Hall–Kier alpha value is -4.05. The Balaban J connectivity index is 1.57. The Bertz CT molecular complexity index is 1630. The average molecular weight is 621 g/mol. The smallest absolute Gasteiger partial charge is 0.372 e. The van der Waals surface area contributed by atoms with Crippen LogP contribution >= 0.6 is 0 Å². The summed E-state index contributed by atoms with van der Waals surface area (Å²) in [6.45, 7) is 12.7. The van der Waals surface area contributed by atoms with Crippen molar-refractivity contribution in [2.24, 2.45) is 0 Å². The van der Waals surface area contributed by atoms with E-state index in [4.69, 9.17) is 4.98 Å². The van der Waals surface area contributed by atoms with E-state index in [9.17, 15) is 18.0 Å². The number of nitrogens with zero attached hydrogens (tertiary/aromatic N) is 4. The van der Waals surface area contributed by atoms with E-state index in [2.05, 4.69) is 57.9 Å². The summed E-state index contributed by atoms with van der Waals surface area (Å²) in [6, 6.07) is 15.2. The maximum atomic E-state index is 13.6. The fourth-order valence-electron chi connectivity index (χ4n) is 5.99. The minimum absolute atomic E-state index is 0.303. The summed E-state index contributed by atoms with van der Waals surface area (Å²) in [4.78, 5) is 28.0. The second kappa shape index (κ2) is 14.4. The highest BCUT2D eigenvalue weighted by Gasteiger charge is 2.31. The number of pyridine rings is 2. The molecule has 3 heterocycles. The van der Waals surface area contributed by atoms with Crippen LogP contribution in [0.3, 0.4) is 0 Å². The molecule has 1 fully saturated rings. The van der Waals surface area contributed by atoms with Crippen LogP contribution in [-0.4, -0.2) is 60.7 Å². The minimum Gasteiger partial charge on any atom is -0.372 e. The van der Waals surface area contributed by atoms with Crippen LogP contribution in [0.25, 0.3) is 21.9 Å². The van der Waals surface area contributed by atoms with Gasteiger partial charge >= 0.3 is 6.18 Å². The highest BCUT2D eigenvalue weighted by Crippen LogP contribution is 2.37. The van der Waals surface area contributed by atoms with Crippen molar-refractivity contribution in [2.75, 3.05) is 60.9 Å². The van der Waals surface area contributed by atoms with E-state index in [1.54, 1.807) is 6.07 Å². The van der Waals surface area contributed by atoms with Crippen LogP contribution in [-0.2, 0) is 6.18 Å². The third-order valence-corrected chi connectivity index (χ3v) is 8.54. The van der Waals surface area contributed by atoms with Crippen LogP contribution in [0.15, 0.2) is 65.6 Å². The summed E-state index contributed by atoms with van der Waals surface area (Å²) in [6.07, 6.45) is 1.58. The molecule has 1 aliphatic heterocycles. The van der Waals surface area contributed by atoms with Crippen LogP contribution < -0.4 is 20.7 Å². The quantitative estimate of drug-likeness (QED) is 0.157. The molecular formula is C35H43F3N6O. The van der Waals surface area contributed by atoms with Crippen molar-refractivity contribution < 1.29 is 13.2 Å². The molecule has 0 spiro atoms. The Morgan fingerprint density at radius 3 is 2.36 bits per heavy atom.